The van der Waals surface area contributed by atoms with Gasteiger partial charge in [-0.2, -0.15) is 0 Å². The van der Waals surface area contributed by atoms with Gasteiger partial charge in [-0.25, -0.2) is 4.98 Å². The molecule has 124 valence electrons. The highest BCUT2D eigenvalue weighted by Gasteiger charge is 2.24. The van der Waals surface area contributed by atoms with E-state index in [0.717, 1.165) is 30.7 Å². The lowest BCUT2D eigenvalue weighted by Crippen LogP contribution is -2.36. The molecule has 7 heteroatoms. The molecule has 1 amide bonds. The maximum atomic E-state index is 12.5. The molecule has 1 aliphatic heterocycles. The standard InChI is InChI=1S/C17H19N5OS/c1-2-15-19-17(21-20-15)24-10-16(23)22-8-7-14-12(9-22)11-5-3-4-6-13(11)18-14/h3-6,18H,2,7-10H2,1H3,(H,19,20,21). The molecule has 6 nitrogen and oxygen atoms in total. The number of fused-ring (bicyclic) bond motifs is 3. The third-order valence-corrected chi connectivity index (χ3v) is 5.24. The number of nitrogens with zero attached hydrogens (tertiary/aromatic N) is 3. The SMILES string of the molecule is CCc1nc(SCC(=O)N2CCc3[nH]c4ccccc4c3C2)n[nH]1. The first-order valence-corrected chi connectivity index (χ1v) is 9.13. The minimum atomic E-state index is 0.138. The quantitative estimate of drug-likeness (QED) is 0.715. The van der Waals surface area contributed by atoms with E-state index in [9.17, 15) is 4.79 Å². The second-order valence-electron chi connectivity index (χ2n) is 5.90. The Morgan fingerprint density at radius 1 is 1.38 bits per heavy atom. The maximum Gasteiger partial charge on any atom is 0.233 e. The molecule has 0 fully saturated rings. The molecule has 0 unspecified atom stereocenters. The fourth-order valence-corrected chi connectivity index (χ4v) is 3.82. The van der Waals surface area contributed by atoms with E-state index < -0.39 is 0 Å². The molecule has 0 atom stereocenters. The molecule has 0 bridgehead atoms. The molecule has 0 aliphatic carbocycles. The Morgan fingerprint density at radius 3 is 3.08 bits per heavy atom. The number of aryl methyl sites for hydroxylation is 1. The first-order valence-electron chi connectivity index (χ1n) is 8.15. The van der Waals surface area contributed by atoms with E-state index in [4.69, 9.17) is 0 Å². The molecule has 1 aromatic carbocycles. The van der Waals surface area contributed by atoms with Gasteiger partial charge in [-0.1, -0.05) is 36.9 Å². The first-order chi connectivity index (χ1) is 11.7. The molecule has 3 aromatic rings. The zero-order valence-corrected chi connectivity index (χ0v) is 14.3. The fourth-order valence-electron chi connectivity index (χ4n) is 3.10. The van der Waals surface area contributed by atoms with Crippen LogP contribution in [0.2, 0.25) is 0 Å². The molecule has 0 saturated heterocycles. The monoisotopic (exact) mass is 341 g/mol. The lowest BCUT2D eigenvalue weighted by Gasteiger charge is -2.27. The van der Waals surface area contributed by atoms with Crippen molar-refractivity contribution in [2.75, 3.05) is 12.3 Å². The number of thioether (sulfide) groups is 1. The minimum absolute atomic E-state index is 0.138. The van der Waals surface area contributed by atoms with Crippen molar-refractivity contribution in [2.24, 2.45) is 0 Å². The number of benzene rings is 1. The summed E-state index contributed by atoms with van der Waals surface area (Å²) >= 11 is 1.39. The third kappa shape index (κ3) is 2.80. The lowest BCUT2D eigenvalue weighted by molar-refractivity contribution is -0.129. The van der Waals surface area contributed by atoms with Gasteiger partial charge in [-0.3, -0.25) is 9.89 Å². The number of hydrogen-bond acceptors (Lipinski definition) is 4. The molecule has 2 N–H and O–H groups in total. The highest BCUT2D eigenvalue weighted by molar-refractivity contribution is 7.99. The first kappa shape index (κ1) is 15.3. The van der Waals surface area contributed by atoms with Crippen molar-refractivity contribution in [3.05, 3.63) is 41.3 Å². The smallest absolute Gasteiger partial charge is 0.233 e. The normalized spacial score (nSPS) is 14.1. The van der Waals surface area contributed by atoms with E-state index in [2.05, 4.69) is 32.3 Å². The van der Waals surface area contributed by atoms with E-state index in [-0.39, 0.29) is 5.91 Å². The Balaban J connectivity index is 1.44. The number of hydrogen-bond donors (Lipinski definition) is 2. The van der Waals surface area contributed by atoms with Gasteiger partial charge < -0.3 is 9.88 Å². The van der Waals surface area contributed by atoms with Gasteiger partial charge in [-0.05, 0) is 6.07 Å². The van der Waals surface area contributed by atoms with Gasteiger partial charge in [0.1, 0.15) is 5.82 Å². The van der Waals surface area contributed by atoms with Gasteiger partial charge in [-0.15, -0.1) is 5.10 Å². The van der Waals surface area contributed by atoms with E-state index in [0.29, 0.717) is 17.5 Å². The lowest BCUT2D eigenvalue weighted by atomic mass is 10.0. The second-order valence-corrected chi connectivity index (χ2v) is 6.84. The molecule has 24 heavy (non-hydrogen) atoms. The van der Waals surface area contributed by atoms with E-state index in [1.165, 1.54) is 28.4 Å². The van der Waals surface area contributed by atoms with Crippen LogP contribution < -0.4 is 0 Å². The van der Waals surface area contributed by atoms with Crippen LogP contribution in [0.3, 0.4) is 0 Å². The van der Waals surface area contributed by atoms with E-state index in [1.54, 1.807) is 0 Å². The average Bonchev–Trinajstić information content (AvgIpc) is 3.23. The number of nitrogens with one attached hydrogen (secondary N) is 2. The van der Waals surface area contributed by atoms with Crippen LogP contribution in [0.25, 0.3) is 10.9 Å². The Bertz CT molecular complexity index is 884. The maximum absolute atomic E-state index is 12.5. The highest BCUT2D eigenvalue weighted by Crippen LogP contribution is 2.28. The summed E-state index contributed by atoms with van der Waals surface area (Å²) < 4.78 is 0. The zero-order valence-electron chi connectivity index (χ0n) is 13.5. The zero-order chi connectivity index (χ0) is 16.5. The van der Waals surface area contributed by atoms with Crippen LogP contribution in [0.15, 0.2) is 29.4 Å². The Labute approximate surface area is 144 Å². The number of carbonyl (C=O) groups is 1. The van der Waals surface area contributed by atoms with Crippen LogP contribution in [0.1, 0.15) is 24.0 Å². The highest BCUT2D eigenvalue weighted by atomic mass is 32.2. The molecular formula is C17H19N5OS. The fraction of sp³-hybridized carbons (Fsp3) is 0.353. The van der Waals surface area contributed by atoms with Crippen LogP contribution in [-0.2, 0) is 24.2 Å². The number of amides is 1. The van der Waals surface area contributed by atoms with Crippen LogP contribution >= 0.6 is 11.8 Å². The van der Waals surface area contributed by atoms with E-state index in [1.807, 2.05) is 24.0 Å². The van der Waals surface area contributed by atoms with Crippen LogP contribution in [0, 0.1) is 0 Å². The van der Waals surface area contributed by atoms with Crippen molar-refractivity contribution in [1.82, 2.24) is 25.1 Å². The Hall–Kier alpha value is -2.28. The number of aromatic amines is 2. The molecule has 0 saturated carbocycles. The van der Waals surface area contributed by atoms with Crippen molar-refractivity contribution in [1.29, 1.82) is 0 Å². The summed E-state index contributed by atoms with van der Waals surface area (Å²) in [6.07, 6.45) is 1.69. The van der Waals surface area contributed by atoms with Gasteiger partial charge in [0.15, 0.2) is 0 Å². The molecule has 4 rings (SSSR count). The summed E-state index contributed by atoms with van der Waals surface area (Å²) in [6.45, 7) is 3.45. The van der Waals surface area contributed by atoms with Crippen molar-refractivity contribution in [2.45, 2.75) is 31.5 Å². The molecule has 3 heterocycles. The summed E-state index contributed by atoms with van der Waals surface area (Å²) in [4.78, 5) is 22.3. The molecular weight excluding hydrogens is 322 g/mol. The molecule has 2 aromatic heterocycles. The van der Waals surface area contributed by atoms with Crippen molar-refractivity contribution < 1.29 is 4.79 Å². The third-order valence-electron chi connectivity index (χ3n) is 4.41. The average molecular weight is 341 g/mol. The van der Waals surface area contributed by atoms with Crippen LogP contribution in [0.5, 0.6) is 0 Å². The van der Waals surface area contributed by atoms with Crippen molar-refractivity contribution in [3.8, 4) is 0 Å². The predicted molar refractivity (Wildman–Crippen MR) is 93.9 cm³/mol. The molecule has 1 aliphatic rings. The van der Waals surface area contributed by atoms with Gasteiger partial charge in [0.2, 0.25) is 11.1 Å². The summed E-state index contributed by atoms with van der Waals surface area (Å²) in [6, 6.07) is 8.28. The summed E-state index contributed by atoms with van der Waals surface area (Å²) in [7, 11) is 0. The number of aromatic nitrogens is 4. The van der Waals surface area contributed by atoms with Gasteiger partial charge >= 0.3 is 0 Å². The summed E-state index contributed by atoms with van der Waals surface area (Å²) in [5, 5.41) is 8.87. The summed E-state index contributed by atoms with van der Waals surface area (Å²) in [5.41, 5.74) is 3.66. The Morgan fingerprint density at radius 2 is 2.25 bits per heavy atom. The van der Waals surface area contributed by atoms with Crippen molar-refractivity contribution in [3.63, 3.8) is 0 Å². The minimum Gasteiger partial charge on any atom is -0.358 e. The van der Waals surface area contributed by atoms with Gasteiger partial charge in [0.05, 0.1) is 5.75 Å². The van der Waals surface area contributed by atoms with Gasteiger partial charge in [0.25, 0.3) is 0 Å². The van der Waals surface area contributed by atoms with Crippen LogP contribution in [0.4, 0.5) is 0 Å². The number of rotatable bonds is 4. The van der Waals surface area contributed by atoms with E-state index >= 15 is 0 Å². The number of carbonyl (C=O) groups excluding carboxylic acids is 1. The molecule has 0 spiro atoms. The molecule has 0 radical (unpaired) electrons. The Kier molecular flexibility index (Phi) is 4.02. The van der Waals surface area contributed by atoms with Crippen molar-refractivity contribution >= 4 is 28.6 Å². The topological polar surface area (TPSA) is 77.7 Å². The van der Waals surface area contributed by atoms with Gasteiger partial charge in [0, 0.05) is 48.1 Å². The second kappa shape index (κ2) is 6.32. The van der Waals surface area contributed by atoms with Crippen LogP contribution in [-0.4, -0.2) is 43.3 Å². The summed E-state index contributed by atoms with van der Waals surface area (Å²) in [5.74, 6) is 1.36. The number of para-hydroxylation sites is 1. The largest absolute Gasteiger partial charge is 0.358 e. The predicted octanol–water partition coefficient (Wildman–Crippen LogP) is 2.53. The number of H-pyrrole nitrogens is 2.